The zero-order chi connectivity index (χ0) is 18.8. The normalized spacial score (nSPS) is 13.3. The van der Waals surface area contributed by atoms with Crippen molar-refractivity contribution >= 4 is 33.1 Å². The van der Waals surface area contributed by atoms with Crippen molar-refractivity contribution in [2.24, 2.45) is 0 Å². The van der Waals surface area contributed by atoms with Gasteiger partial charge in [0.1, 0.15) is 6.54 Å². The van der Waals surface area contributed by atoms with E-state index in [1.54, 1.807) is 40.6 Å². The zero-order valence-corrected chi connectivity index (χ0v) is 15.7. The van der Waals surface area contributed by atoms with Crippen LogP contribution in [0, 0.1) is 0 Å². The number of aromatic nitrogens is 3. The molecule has 1 aliphatic rings. The zero-order valence-electron chi connectivity index (χ0n) is 14.9. The highest BCUT2D eigenvalue weighted by Gasteiger charge is 2.23. The van der Waals surface area contributed by atoms with Crippen molar-refractivity contribution in [1.82, 2.24) is 14.8 Å². The summed E-state index contributed by atoms with van der Waals surface area (Å²) in [5.74, 6) is -0.217. The number of fused-ring (bicyclic) bond motifs is 2. The first-order valence-corrected chi connectivity index (χ1v) is 9.83. The summed E-state index contributed by atoms with van der Waals surface area (Å²) in [7, 11) is 0. The van der Waals surface area contributed by atoms with Gasteiger partial charge in [0, 0.05) is 16.8 Å². The fraction of sp³-hybridized carbons (Fsp3) is 0.300. The number of rotatable bonds is 5. The molecule has 3 aromatic rings. The summed E-state index contributed by atoms with van der Waals surface area (Å²) < 4.78 is 1.22. The standard InChI is InChI=1S/C20H20N4O2S/c1-2-11-23(20-22-16-9-5-6-10-17(16)27-20)18(25)13-24-19(26)15-8-4-3-7-14(15)12-21-24/h2-4,7-8,12H,1,5-6,9-11,13H2. The van der Waals surface area contributed by atoms with E-state index in [-0.39, 0.29) is 18.0 Å². The van der Waals surface area contributed by atoms with Gasteiger partial charge in [-0.25, -0.2) is 9.67 Å². The van der Waals surface area contributed by atoms with E-state index in [2.05, 4.69) is 16.7 Å². The number of carbonyl (C=O) groups excluding carboxylic acids is 1. The van der Waals surface area contributed by atoms with Gasteiger partial charge >= 0.3 is 0 Å². The van der Waals surface area contributed by atoms with Gasteiger partial charge in [0.25, 0.3) is 11.5 Å². The largest absolute Gasteiger partial charge is 0.283 e. The summed E-state index contributed by atoms with van der Waals surface area (Å²) in [6.45, 7) is 3.99. The highest BCUT2D eigenvalue weighted by molar-refractivity contribution is 7.16. The second kappa shape index (κ2) is 7.44. The summed E-state index contributed by atoms with van der Waals surface area (Å²) in [6.07, 6.45) is 7.59. The summed E-state index contributed by atoms with van der Waals surface area (Å²) in [5.41, 5.74) is 0.836. The molecule has 0 bridgehead atoms. The molecule has 7 heteroatoms. The Bertz CT molecular complexity index is 1050. The van der Waals surface area contributed by atoms with E-state index in [1.165, 1.54) is 16.0 Å². The molecule has 2 aromatic heterocycles. The highest BCUT2D eigenvalue weighted by Crippen LogP contribution is 2.31. The second-order valence-electron chi connectivity index (χ2n) is 6.56. The Morgan fingerprint density at radius 2 is 2.11 bits per heavy atom. The van der Waals surface area contributed by atoms with Crippen LogP contribution in [0.4, 0.5) is 5.13 Å². The molecule has 0 spiro atoms. The molecule has 0 radical (unpaired) electrons. The Hall–Kier alpha value is -2.80. The van der Waals surface area contributed by atoms with Gasteiger partial charge in [-0.1, -0.05) is 24.3 Å². The number of anilines is 1. The molecule has 1 amide bonds. The molecule has 6 nitrogen and oxygen atoms in total. The molecule has 0 unspecified atom stereocenters. The number of hydrogen-bond acceptors (Lipinski definition) is 5. The van der Waals surface area contributed by atoms with E-state index in [0.717, 1.165) is 30.3 Å². The average molecular weight is 380 g/mol. The second-order valence-corrected chi connectivity index (χ2v) is 7.62. The lowest BCUT2D eigenvalue weighted by molar-refractivity contribution is -0.119. The number of thiazole rings is 1. The Kier molecular flexibility index (Phi) is 4.85. The van der Waals surface area contributed by atoms with E-state index in [9.17, 15) is 9.59 Å². The fourth-order valence-corrected chi connectivity index (χ4v) is 4.50. The third kappa shape index (κ3) is 3.42. The average Bonchev–Trinajstić information content (AvgIpc) is 3.12. The molecule has 0 saturated heterocycles. The predicted molar refractivity (Wildman–Crippen MR) is 107 cm³/mol. The van der Waals surface area contributed by atoms with Gasteiger partial charge in [0.2, 0.25) is 0 Å². The van der Waals surface area contributed by atoms with E-state index in [4.69, 9.17) is 0 Å². The molecule has 0 saturated carbocycles. The topological polar surface area (TPSA) is 68.1 Å². The van der Waals surface area contributed by atoms with Gasteiger partial charge in [-0.3, -0.25) is 14.5 Å². The number of benzene rings is 1. The van der Waals surface area contributed by atoms with Crippen molar-refractivity contribution in [1.29, 1.82) is 0 Å². The summed E-state index contributed by atoms with van der Waals surface area (Å²) in [4.78, 5) is 33.1. The number of aryl methyl sites for hydroxylation is 2. The van der Waals surface area contributed by atoms with Crippen molar-refractivity contribution in [2.75, 3.05) is 11.4 Å². The molecule has 138 valence electrons. The molecule has 0 aliphatic heterocycles. The number of carbonyl (C=O) groups is 1. The maximum absolute atomic E-state index is 12.9. The quantitative estimate of drug-likeness (QED) is 0.638. The lowest BCUT2D eigenvalue weighted by Gasteiger charge is -2.18. The smallest absolute Gasteiger partial charge is 0.275 e. The van der Waals surface area contributed by atoms with Crippen molar-refractivity contribution in [3.8, 4) is 0 Å². The van der Waals surface area contributed by atoms with Crippen LogP contribution in [0.1, 0.15) is 23.4 Å². The summed E-state index contributed by atoms with van der Waals surface area (Å²) in [5, 5.41) is 6.16. The van der Waals surface area contributed by atoms with Crippen LogP contribution in [0.25, 0.3) is 10.8 Å². The Morgan fingerprint density at radius 3 is 2.93 bits per heavy atom. The monoisotopic (exact) mass is 380 g/mol. The number of amides is 1. The Morgan fingerprint density at radius 1 is 1.30 bits per heavy atom. The lowest BCUT2D eigenvalue weighted by atomic mass is 10.0. The SMILES string of the molecule is C=CCN(C(=O)Cn1ncc2ccccc2c1=O)c1nc2c(s1)CCCC2. The predicted octanol–water partition coefficient (Wildman–Crippen LogP) is 2.95. The number of nitrogens with zero attached hydrogens (tertiary/aromatic N) is 4. The van der Waals surface area contributed by atoms with Crippen molar-refractivity contribution < 1.29 is 4.79 Å². The molecule has 1 aliphatic carbocycles. The molecule has 0 fully saturated rings. The van der Waals surface area contributed by atoms with Gasteiger partial charge in [-0.2, -0.15) is 5.10 Å². The molecule has 2 heterocycles. The molecule has 4 rings (SSSR count). The minimum absolute atomic E-state index is 0.123. The molecule has 27 heavy (non-hydrogen) atoms. The molecule has 0 N–H and O–H groups in total. The molecule has 0 atom stereocenters. The highest BCUT2D eigenvalue weighted by atomic mass is 32.1. The van der Waals surface area contributed by atoms with Crippen LogP contribution in [-0.2, 0) is 24.2 Å². The van der Waals surface area contributed by atoms with E-state index >= 15 is 0 Å². The van der Waals surface area contributed by atoms with Crippen molar-refractivity contribution in [3.63, 3.8) is 0 Å². The fourth-order valence-electron chi connectivity index (χ4n) is 3.32. The van der Waals surface area contributed by atoms with Crippen LogP contribution < -0.4 is 10.5 Å². The van der Waals surface area contributed by atoms with Gasteiger partial charge in [0.05, 0.1) is 17.3 Å². The van der Waals surface area contributed by atoms with Crippen LogP contribution >= 0.6 is 11.3 Å². The maximum atomic E-state index is 12.9. The first-order chi connectivity index (χ1) is 13.2. The first-order valence-electron chi connectivity index (χ1n) is 9.02. The third-order valence-corrected chi connectivity index (χ3v) is 5.91. The van der Waals surface area contributed by atoms with E-state index < -0.39 is 0 Å². The van der Waals surface area contributed by atoms with Crippen molar-refractivity contribution in [3.05, 3.63) is 64.0 Å². The summed E-state index contributed by atoms with van der Waals surface area (Å²) >= 11 is 1.57. The maximum Gasteiger partial charge on any atom is 0.275 e. The van der Waals surface area contributed by atoms with Crippen LogP contribution in [0.5, 0.6) is 0 Å². The molecular formula is C20H20N4O2S. The van der Waals surface area contributed by atoms with Gasteiger partial charge in [0.15, 0.2) is 5.13 Å². The molecule has 1 aromatic carbocycles. The van der Waals surface area contributed by atoms with Crippen LogP contribution in [0.2, 0.25) is 0 Å². The summed E-state index contributed by atoms with van der Waals surface area (Å²) in [6, 6.07) is 7.24. The van der Waals surface area contributed by atoms with Crippen molar-refractivity contribution in [2.45, 2.75) is 32.2 Å². The van der Waals surface area contributed by atoms with Gasteiger partial charge < -0.3 is 0 Å². The number of hydrogen-bond donors (Lipinski definition) is 0. The Balaban J connectivity index is 1.63. The minimum atomic E-state index is -0.265. The third-order valence-electron chi connectivity index (χ3n) is 4.72. The van der Waals surface area contributed by atoms with Crippen LogP contribution in [0.15, 0.2) is 47.9 Å². The Labute approximate surface area is 160 Å². The lowest BCUT2D eigenvalue weighted by Crippen LogP contribution is -2.37. The molecular weight excluding hydrogens is 360 g/mol. The van der Waals surface area contributed by atoms with Gasteiger partial charge in [-0.15, -0.1) is 17.9 Å². The van der Waals surface area contributed by atoms with E-state index in [0.29, 0.717) is 17.1 Å². The van der Waals surface area contributed by atoms with Gasteiger partial charge in [-0.05, 0) is 31.7 Å². The van der Waals surface area contributed by atoms with Crippen LogP contribution in [0.3, 0.4) is 0 Å². The van der Waals surface area contributed by atoms with Crippen LogP contribution in [-0.4, -0.2) is 27.2 Å². The first kappa shape index (κ1) is 17.6. The minimum Gasteiger partial charge on any atom is -0.283 e. The van der Waals surface area contributed by atoms with E-state index in [1.807, 2.05) is 12.1 Å².